The van der Waals surface area contributed by atoms with E-state index in [-0.39, 0.29) is 11.9 Å². The lowest BCUT2D eigenvalue weighted by molar-refractivity contribution is 0.124. The van der Waals surface area contributed by atoms with Crippen LogP contribution in [-0.2, 0) is 4.74 Å². The third-order valence-electron chi connectivity index (χ3n) is 2.96. The third kappa shape index (κ3) is 4.75. The van der Waals surface area contributed by atoms with Gasteiger partial charge < -0.3 is 10.1 Å². The Kier molecular flexibility index (Phi) is 6.91. The van der Waals surface area contributed by atoms with Crippen LogP contribution < -0.4 is 5.32 Å². The molecule has 0 aromatic heterocycles. The van der Waals surface area contributed by atoms with Gasteiger partial charge in [-0.15, -0.1) is 0 Å². The average molecular weight is 253 g/mol. The van der Waals surface area contributed by atoms with Crippen molar-refractivity contribution in [1.82, 2.24) is 5.32 Å². The van der Waals surface area contributed by atoms with E-state index in [0.717, 1.165) is 38.2 Å². The summed E-state index contributed by atoms with van der Waals surface area (Å²) in [4.78, 5) is 0. The predicted molar refractivity (Wildman–Crippen MR) is 73.3 cm³/mol. The molecule has 0 spiro atoms. The Morgan fingerprint density at radius 3 is 2.67 bits per heavy atom. The van der Waals surface area contributed by atoms with Crippen molar-refractivity contribution in [2.24, 2.45) is 0 Å². The Labute approximate surface area is 110 Å². The number of benzene rings is 1. The minimum atomic E-state index is -0.172. The highest BCUT2D eigenvalue weighted by molar-refractivity contribution is 5.29. The van der Waals surface area contributed by atoms with Gasteiger partial charge in [-0.3, -0.25) is 0 Å². The minimum Gasteiger partial charge on any atom is -0.381 e. The number of halogens is 1. The lowest BCUT2D eigenvalue weighted by Crippen LogP contribution is -2.23. The first kappa shape index (κ1) is 15.1. The van der Waals surface area contributed by atoms with Gasteiger partial charge in [0.05, 0.1) is 0 Å². The zero-order valence-corrected chi connectivity index (χ0v) is 11.6. The Balaban J connectivity index is 2.64. The zero-order valence-electron chi connectivity index (χ0n) is 11.6. The molecule has 1 aromatic carbocycles. The summed E-state index contributed by atoms with van der Waals surface area (Å²) in [6.07, 6.45) is 1.96. The molecule has 0 amide bonds. The summed E-state index contributed by atoms with van der Waals surface area (Å²) < 4.78 is 18.6. The molecule has 0 saturated heterocycles. The zero-order chi connectivity index (χ0) is 13.4. The van der Waals surface area contributed by atoms with Crippen LogP contribution >= 0.6 is 0 Å². The second kappa shape index (κ2) is 8.22. The summed E-state index contributed by atoms with van der Waals surface area (Å²) in [6.45, 7) is 8.58. The quantitative estimate of drug-likeness (QED) is 0.715. The van der Waals surface area contributed by atoms with E-state index in [1.807, 2.05) is 13.0 Å². The summed E-state index contributed by atoms with van der Waals surface area (Å²) in [5, 5.41) is 3.43. The summed E-state index contributed by atoms with van der Waals surface area (Å²) in [5.74, 6) is -0.172. The van der Waals surface area contributed by atoms with Crippen LogP contribution in [0.25, 0.3) is 0 Å². The van der Waals surface area contributed by atoms with E-state index in [1.54, 1.807) is 6.07 Å². The molecular formula is C15H24FNO. The molecule has 1 rings (SSSR count). The Morgan fingerprint density at radius 2 is 2.06 bits per heavy atom. The van der Waals surface area contributed by atoms with Crippen LogP contribution in [0.2, 0.25) is 0 Å². The SMILES string of the molecule is CCCOCCC(NCC)c1ccc(F)cc1C. The maximum absolute atomic E-state index is 13.1. The number of hydrogen-bond acceptors (Lipinski definition) is 2. The first-order chi connectivity index (χ1) is 8.69. The van der Waals surface area contributed by atoms with E-state index in [2.05, 4.69) is 19.2 Å². The van der Waals surface area contributed by atoms with Crippen molar-refractivity contribution >= 4 is 0 Å². The van der Waals surface area contributed by atoms with Crippen LogP contribution in [0.15, 0.2) is 18.2 Å². The fourth-order valence-corrected chi connectivity index (χ4v) is 2.09. The van der Waals surface area contributed by atoms with Crippen molar-refractivity contribution in [3.63, 3.8) is 0 Å². The van der Waals surface area contributed by atoms with Crippen LogP contribution in [-0.4, -0.2) is 19.8 Å². The first-order valence-corrected chi connectivity index (χ1v) is 6.76. The second-order valence-electron chi connectivity index (χ2n) is 4.51. The van der Waals surface area contributed by atoms with E-state index in [0.29, 0.717) is 0 Å². The lowest BCUT2D eigenvalue weighted by Gasteiger charge is -2.20. The maximum Gasteiger partial charge on any atom is 0.123 e. The summed E-state index contributed by atoms with van der Waals surface area (Å²) in [6, 6.07) is 5.23. The van der Waals surface area contributed by atoms with Gasteiger partial charge in [-0.1, -0.05) is 19.9 Å². The van der Waals surface area contributed by atoms with E-state index in [1.165, 1.54) is 11.6 Å². The summed E-state index contributed by atoms with van der Waals surface area (Å²) >= 11 is 0. The molecule has 0 heterocycles. The van der Waals surface area contributed by atoms with Crippen LogP contribution in [0.4, 0.5) is 4.39 Å². The molecule has 0 fully saturated rings. The standard InChI is InChI=1S/C15H24FNO/c1-4-9-18-10-8-15(17-5-2)14-7-6-13(16)11-12(14)3/h6-7,11,15,17H,4-5,8-10H2,1-3H3. The first-order valence-electron chi connectivity index (χ1n) is 6.76. The highest BCUT2D eigenvalue weighted by atomic mass is 19.1. The molecule has 2 nitrogen and oxygen atoms in total. The molecule has 3 heteroatoms. The van der Waals surface area contributed by atoms with Gasteiger partial charge in [-0.25, -0.2) is 4.39 Å². The topological polar surface area (TPSA) is 21.3 Å². The molecule has 1 N–H and O–H groups in total. The number of aryl methyl sites for hydroxylation is 1. The fourth-order valence-electron chi connectivity index (χ4n) is 2.09. The van der Waals surface area contributed by atoms with Gasteiger partial charge in [0.15, 0.2) is 0 Å². The molecule has 18 heavy (non-hydrogen) atoms. The van der Waals surface area contributed by atoms with Crippen LogP contribution in [0.5, 0.6) is 0 Å². The van der Waals surface area contributed by atoms with E-state index >= 15 is 0 Å². The van der Waals surface area contributed by atoms with Crippen LogP contribution in [0, 0.1) is 12.7 Å². The van der Waals surface area contributed by atoms with Gasteiger partial charge >= 0.3 is 0 Å². The fraction of sp³-hybridized carbons (Fsp3) is 0.600. The number of nitrogens with one attached hydrogen (secondary N) is 1. The van der Waals surface area contributed by atoms with E-state index in [4.69, 9.17) is 4.74 Å². The van der Waals surface area contributed by atoms with Crippen molar-refractivity contribution in [2.75, 3.05) is 19.8 Å². The molecule has 0 bridgehead atoms. The molecule has 1 aromatic rings. The van der Waals surface area contributed by atoms with Crippen LogP contribution in [0.1, 0.15) is 43.9 Å². The minimum absolute atomic E-state index is 0.172. The third-order valence-corrected chi connectivity index (χ3v) is 2.96. The molecule has 0 aliphatic rings. The van der Waals surface area contributed by atoms with Crippen molar-refractivity contribution in [1.29, 1.82) is 0 Å². The smallest absolute Gasteiger partial charge is 0.123 e. The maximum atomic E-state index is 13.1. The van der Waals surface area contributed by atoms with Gasteiger partial charge in [0, 0.05) is 19.3 Å². The van der Waals surface area contributed by atoms with E-state index in [9.17, 15) is 4.39 Å². The molecule has 0 aliphatic carbocycles. The Hall–Kier alpha value is -0.930. The number of ether oxygens (including phenoxy) is 1. The van der Waals surface area contributed by atoms with Crippen molar-refractivity contribution in [2.45, 2.75) is 39.7 Å². The lowest BCUT2D eigenvalue weighted by atomic mass is 9.99. The summed E-state index contributed by atoms with van der Waals surface area (Å²) in [7, 11) is 0. The molecule has 1 unspecified atom stereocenters. The predicted octanol–water partition coefficient (Wildman–Crippen LogP) is 3.60. The Morgan fingerprint density at radius 1 is 1.28 bits per heavy atom. The Bertz CT molecular complexity index is 354. The molecule has 0 radical (unpaired) electrons. The monoisotopic (exact) mass is 253 g/mol. The van der Waals surface area contributed by atoms with Gasteiger partial charge in [-0.05, 0) is 49.6 Å². The molecule has 0 saturated carbocycles. The largest absolute Gasteiger partial charge is 0.381 e. The van der Waals surface area contributed by atoms with Gasteiger partial charge in [0.25, 0.3) is 0 Å². The van der Waals surface area contributed by atoms with Gasteiger partial charge in [-0.2, -0.15) is 0 Å². The normalized spacial score (nSPS) is 12.7. The number of rotatable bonds is 8. The van der Waals surface area contributed by atoms with E-state index < -0.39 is 0 Å². The molecule has 1 atom stereocenters. The summed E-state index contributed by atoms with van der Waals surface area (Å²) in [5.41, 5.74) is 2.16. The second-order valence-corrected chi connectivity index (χ2v) is 4.51. The van der Waals surface area contributed by atoms with Crippen molar-refractivity contribution < 1.29 is 9.13 Å². The van der Waals surface area contributed by atoms with Gasteiger partial charge in [0.2, 0.25) is 0 Å². The van der Waals surface area contributed by atoms with Crippen LogP contribution in [0.3, 0.4) is 0 Å². The molecular weight excluding hydrogens is 229 g/mol. The highest BCUT2D eigenvalue weighted by Gasteiger charge is 2.12. The molecule has 0 aliphatic heterocycles. The van der Waals surface area contributed by atoms with Crippen molar-refractivity contribution in [3.05, 3.63) is 35.1 Å². The number of hydrogen-bond donors (Lipinski definition) is 1. The average Bonchev–Trinajstić information content (AvgIpc) is 2.34. The highest BCUT2D eigenvalue weighted by Crippen LogP contribution is 2.21. The van der Waals surface area contributed by atoms with Crippen molar-refractivity contribution in [3.8, 4) is 0 Å². The molecule has 102 valence electrons. The van der Waals surface area contributed by atoms with Gasteiger partial charge in [0.1, 0.15) is 5.82 Å².